The fraction of sp³-hybridized carbons (Fsp3) is 0.417. The van der Waals surface area contributed by atoms with Crippen molar-refractivity contribution in [3.05, 3.63) is 159 Å². The SMILES string of the molecule is CCCCCCCCC1=C(c2cccc(CC)c2)[N+](=[N-])C(c2cccc(CC)c2)=C1CCCC.c1ccc(C[CH2][Ni][CH2]Cc2ccccc2)cc1. The number of hydrogen-bond acceptors (Lipinski definition) is 0. The van der Waals surface area contributed by atoms with Crippen LogP contribution in [-0.2, 0) is 40.1 Å². The Labute approximate surface area is 316 Å². The van der Waals surface area contributed by atoms with Crippen molar-refractivity contribution < 1.29 is 19.1 Å². The minimum atomic E-state index is 1.00. The van der Waals surface area contributed by atoms with Gasteiger partial charge in [-0.2, -0.15) is 0 Å². The first-order valence-corrected chi connectivity index (χ1v) is 21.2. The van der Waals surface area contributed by atoms with Crippen LogP contribution in [0.5, 0.6) is 0 Å². The normalized spacial score (nSPS) is 12.8. The minimum absolute atomic E-state index is 1.00. The molecule has 1 heterocycles. The van der Waals surface area contributed by atoms with Gasteiger partial charge in [0, 0.05) is 22.3 Å². The Morgan fingerprint density at radius 1 is 0.451 bits per heavy atom. The van der Waals surface area contributed by atoms with Gasteiger partial charge in [-0.1, -0.05) is 90.5 Å². The van der Waals surface area contributed by atoms with E-state index in [1.807, 2.05) is 14.4 Å². The van der Waals surface area contributed by atoms with E-state index in [-0.39, 0.29) is 0 Å². The number of nitrogens with zero attached hydrogens (tertiary/aromatic N) is 2. The second-order valence-electron chi connectivity index (χ2n) is 13.6. The van der Waals surface area contributed by atoms with E-state index in [0.717, 1.165) is 61.0 Å². The third-order valence-electron chi connectivity index (χ3n) is 9.78. The van der Waals surface area contributed by atoms with Crippen LogP contribution in [0.1, 0.15) is 125 Å². The zero-order valence-electron chi connectivity index (χ0n) is 31.9. The van der Waals surface area contributed by atoms with E-state index < -0.39 is 0 Å². The third-order valence-corrected chi connectivity index (χ3v) is 11.0. The molecule has 0 N–H and O–H groups in total. The van der Waals surface area contributed by atoms with Gasteiger partial charge in [0.25, 0.3) is 0 Å². The van der Waals surface area contributed by atoms with Crippen LogP contribution in [0.2, 0.25) is 10.8 Å². The maximum atomic E-state index is 11.7. The van der Waals surface area contributed by atoms with Crippen LogP contribution in [0.15, 0.2) is 120 Å². The molecule has 4 aromatic carbocycles. The first-order chi connectivity index (χ1) is 25.1. The van der Waals surface area contributed by atoms with Gasteiger partial charge < -0.3 is 5.53 Å². The molecule has 0 aromatic heterocycles. The molecule has 0 unspecified atom stereocenters. The second kappa shape index (κ2) is 23.1. The Balaban J connectivity index is 0.000000286. The summed E-state index contributed by atoms with van der Waals surface area (Å²) in [5.74, 6) is 0. The van der Waals surface area contributed by atoms with Crippen LogP contribution >= 0.6 is 0 Å². The zero-order chi connectivity index (χ0) is 36.1. The van der Waals surface area contributed by atoms with Crippen molar-refractivity contribution in [3.8, 4) is 0 Å². The molecule has 4 aromatic rings. The summed E-state index contributed by atoms with van der Waals surface area (Å²) in [5.41, 5.74) is 24.2. The molecule has 0 radical (unpaired) electrons. The van der Waals surface area contributed by atoms with E-state index in [4.69, 9.17) is 0 Å². The standard InChI is InChI=1S/C32H44N2.2C8H9.Ni/c1-5-9-11-12-13-14-22-30-29(21-10-6-2)31(27-19-15-17-25(7-3)23-27)34(33)32(30)28-20-16-18-26(8-4)24-28;2*1-2-8-6-4-3-5-7-8;/h15-20,23-24H,5-14,21-22H2,1-4H3;2*3-7H,1-2H2;. The first kappa shape index (κ1) is 40.2. The summed E-state index contributed by atoms with van der Waals surface area (Å²) in [6, 6.07) is 39.0. The number of benzene rings is 4. The van der Waals surface area contributed by atoms with Crippen molar-refractivity contribution in [3.63, 3.8) is 0 Å². The van der Waals surface area contributed by atoms with Gasteiger partial charge in [0.2, 0.25) is 11.4 Å². The zero-order valence-corrected chi connectivity index (χ0v) is 32.9. The molecule has 1 aliphatic heterocycles. The first-order valence-electron chi connectivity index (χ1n) is 19.8. The van der Waals surface area contributed by atoms with E-state index in [0.29, 0.717) is 0 Å². The van der Waals surface area contributed by atoms with Crippen LogP contribution < -0.4 is 0 Å². The third kappa shape index (κ3) is 12.9. The van der Waals surface area contributed by atoms with Gasteiger partial charge in [-0.15, -0.1) is 0 Å². The van der Waals surface area contributed by atoms with Crippen molar-refractivity contribution in [2.24, 2.45) is 0 Å². The van der Waals surface area contributed by atoms with Crippen LogP contribution in [0.3, 0.4) is 0 Å². The number of allylic oxidation sites excluding steroid dienone is 2. The summed E-state index contributed by atoms with van der Waals surface area (Å²) < 4.78 is 1.53. The van der Waals surface area contributed by atoms with E-state index in [9.17, 15) is 5.53 Å². The van der Waals surface area contributed by atoms with Gasteiger partial charge in [0.15, 0.2) is 0 Å². The van der Waals surface area contributed by atoms with Gasteiger partial charge in [-0.05, 0) is 73.9 Å². The molecule has 1 aliphatic rings. The van der Waals surface area contributed by atoms with Crippen LogP contribution in [0, 0.1) is 0 Å². The Hall–Kier alpha value is -3.55. The van der Waals surface area contributed by atoms with Gasteiger partial charge >= 0.3 is 110 Å². The van der Waals surface area contributed by atoms with E-state index >= 15 is 0 Å². The topological polar surface area (TPSA) is 25.3 Å². The van der Waals surface area contributed by atoms with Crippen molar-refractivity contribution in [1.82, 2.24) is 0 Å². The molecule has 0 atom stereocenters. The molecule has 51 heavy (non-hydrogen) atoms. The number of unbranched alkanes of at least 4 members (excludes halogenated alkanes) is 6. The summed E-state index contributed by atoms with van der Waals surface area (Å²) in [7, 11) is 0. The average Bonchev–Trinajstić information content (AvgIpc) is 3.46. The molecule has 3 heteroatoms. The predicted octanol–water partition coefficient (Wildman–Crippen LogP) is 14.3. The van der Waals surface area contributed by atoms with Crippen LogP contribution in [-0.4, -0.2) is 4.70 Å². The van der Waals surface area contributed by atoms with Gasteiger partial charge in [0.1, 0.15) is 0 Å². The summed E-state index contributed by atoms with van der Waals surface area (Å²) in [6.45, 7) is 8.92. The Bertz CT molecular complexity index is 1630. The second-order valence-corrected chi connectivity index (χ2v) is 15.1. The quantitative estimate of drug-likeness (QED) is 0.0492. The molecule has 0 saturated carbocycles. The Kier molecular flexibility index (Phi) is 18.2. The molecule has 0 bridgehead atoms. The van der Waals surface area contributed by atoms with Crippen molar-refractivity contribution in [1.29, 1.82) is 0 Å². The van der Waals surface area contributed by atoms with Crippen molar-refractivity contribution in [2.45, 2.75) is 128 Å². The predicted molar refractivity (Wildman–Crippen MR) is 217 cm³/mol. The molecule has 0 aliphatic carbocycles. The van der Waals surface area contributed by atoms with Crippen molar-refractivity contribution in [2.75, 3.05) is 0 Å². The molecule has 0 saturated heterocycles. The molecule has 2 nitrogen and oxygen atoms in total. The molecule has 0 fully saturated rings. The molecular weight excluding hydrogens is 663 g/mol. The van der Waals surface area contributed by atoms with Crippen LogP contribution in [0.25, 0.3) is 16.9 Å². The van der Waals surface area contributed by atoms with Gasteiger partial charge in [-0.25, -0.2) is 4.70 Å². The Morgan fingerprint density at radius 3 is 1.35 bits per heavy atom. The molecule has 0 amide bonds. The number of rotatable bonds is 20. The van der Waals surface area contributed by atoms with Crippen LogP contribution in [0.4, 0.5) is 0 Å². The number of hydrogen-bond donors (Lipinski definition) is 0. The van der Waals surface area contributed by atoms with Gasteiger partial charge in [-0.3, -0.25) is 0 Å². The molecule has 0 spiro atoms. The summed E-state index contributed by atoms with van der Waals surface area (Å²) in [4.78, 5) is 0. The van der Waals surface area contributed by atoms with Gasteiger partial charge in [0.05, 0.1) is 0 Å². The average molecular weight is 726 g/mol. The Morgan fingerprint density at radius 2 is 0.882 bits per heavy atom. The molecular formula is C48H62N2Ni. The monoisotopic (exact) mass is 724 g/mol. The van der Waals surface area contributed by atoms with Crippen molar-refractivity contribution >= 4 is 11.4 Å². The fourth-order valence-corrected chi connectivity index (χ4v) is 7.93. The molecule has 274 valence electrons. The maximum absolute atomic E-state index is 11.7. The summed E-state index contributed by atoms with van der Waals surface area (Å²) >= 11 is 1.86. The number of aryl methyl sites for hydroxylation is 4. The summed E-state index contributed by atoms with van der Waals surface area (Å²) in [5, 5.41) is 2.48. The fourth-order valence-electron chi connectivity index (χ4n) is 6.76. The van der Waals surface area contributed by atoms with E-state index in [1.165, 1.54) is 100 Å². The summed E-state index contributed by atoms with van der Waals surface area (Å²) in [6.07, 6.45) is 16.4. The van der Waals surface area contributed by atoms with E-state index in [2.05, 4.69) is 137 Å². The molecule has 5 rings (SSSR count). The van der Waals surface area contributed by atoms with E-state index in [1.54, 1.807) is 0 Å².